The first-order valence-electron chi connectivity index (χ1n) is 7.49. The lowest BCUT2D eigenvalue weighted by Gasteiger charge is -2.27. The van der Waals surface area contributed by atoms with Crippen LogP contribution in [0.25, 0.3) is 0 Å². The number of halogens is 1. The Hall–Kier alpha value is -1.63. The van der Waals surface area contributed by atoms with Gasteiger partial charge in [-0.05, 0) is 59.2 Å². The topological polar surface area (TPSA) is 59.3 Å². The Bertz CT molecular complexity index is 787. The highest BCUT2D eigenvalue weighted by atomic mass is 127. The second-order valence-electron chi connectivity index (χ2n) is 6.76. The zero-order chi connectivity index (χ0) is 16.8. The van der Waals surface area contributed by atoms with Gasteiger partial charge in [0.2, 0.25) is 0 Å². The highest BCUT2D eigenvalue weighted by molar-refractivity contribution is 14.1. The van der Waals surface area contributed by atoms with Gasteiger partial charge in [-0.15, -0.1) is 0 Å². The minimum atomic E-state index is -0.316. The summed E-state index contributed by atoms with van der Waals surface area (Å²) in [5.74, 6) is 0.616. The molecule has 120 valence electrons. The third-order valence-electron chi connectivity index (χ3n) is 4.09. The summed E-state index contributed by atoms with van der Waals surface area (Å²) in [7, 11) is 0. The van der Waals surface area contributed by atoms with Gasteiger partial charge < -0.3 is 9.73 Å². The zero-order valence-corrected chi connectivity index (χ0v) is 15.5. The summed E-state index contributed by atoms with van der Waals surface area (Å²) in [6.07, 6.45) is 1.16. The van der Waals surface area contributed by atoms with Crippen LogP contribution >= 0.6 is 22.6 Å². The third-order valence-corrected chi connectivity index (χ3v) is 4.80. The van der Waals surface area contributed by atoms with Gasteiger partial charge in [0.05, 0.1) is 5.56 Å². The van der Waals surface area contributed by atoms with Gasteiger partial charge >= 0.3 is 0 Å². The molecule has 2 aromatic rings. The molecule has 0 saturated heterocycles. The number of anilines is 1. The minimum Gasteiger partial charge on any atom is -0.455 e. The normalized spacial score (nSPS) is 16.1. The van der Waals surface area contributed by atoms with Crippen LogP contribution in [-0.4, -0.2) is 11.7 Å². The number of hydrogen-bond acceptors (Lipinski definition) is 3. The molecule has 1 aromatic carbocycles. The Balaban J connectivity index is 1.91. The molecule has 0 bridgehead atoms. The van der Waals surface area contributed by atoms with Crippen LogP contribution in [0.3, 0.4) is 0 Å². The summed E-state index contributed by atoms with van der Waals surface area (Å²) < 4.78 is 6.86. The van der Waals surface area contributed by atoms with Crippen LogP contribution in [-0.2, 0) is 6.42 Å². The number of carbonyl (C=O) groups excluding carboxylic acids is 2. The van der Waals surface area contributed by atoms with Gasteiger partial charge in [0.1, 0.15) is 5.76 Å². The molecule has 23 heavy (non-hydrogen) atoms. The fraction of sp³-hybridized carbons (Fsp3) is 0.333. The standard InChI is InChI=1S/C18H18INO3/c1-10-15-13(21)8-18(2,3)9-14(15)23-16(10)17(22)20-12-6-4-11(19)5-7-12/h4-7H,8-9H2,1-3H3,(H,20,22). The monoisotopic (exact) mass is 423 g/mol. The molecule has 3 rings (SSSR count). The van der Waals surface area contributed by atoms with Gasteiger partial charge in [-0.1, -0.05) is 13.8 Å². The van der Waals surface area contributed by atoms with Crippen molar-refractivity contribution in [2.24, 2.45) is 5.41 Å². The lowest BCUT2D eigenvalue weighted by molar-refractivity contribution is 0.0898. The first-order valence-corrected chi connectivity index (χ1v) is 8.57. The van der Waals surface area contributed by atoms with E-state index < -0.39 is 0 Å². The molecular formula is C18H18INO3. The Kier molecular flexibility index (Phi) is 4.08. The molecule has 4 nitrogen and oxygen atoms in total. The number of amides is 1. The first kappa shape index (κ1) is 16.2. The molecule has 5 heteroatoms. The van der Waals surface area contributed by atoms with Gasteiger partial charge in [-0.25, -0.2) is 0 Å². The zero-order valence-electron chi connectivity index (χ0n) is 13.3. The second kappa shape index (κ2) is 5.78. The fourth-order valence-electron chi connectivity index (χ4n) is 3.02. The van der Waals surface area contributed by atoms with Crippen molar-refractivity contribution in [3.63, 3.8) is 0 Å². The molecule has 0 fully saturated rings. The van der Waals surface area contributed by atoms with Crippen LogP contribution in [0.4, 0.5) is 5.69 Å². The maximum atomic E-state index is 12.5. The Labute approximate surface area is 148 Å². The van der Waals surface area contributed by atoms with Crippen LogP contribution < -0.4 is 5.32 Å². The van der Waals surface area contributed by atoms with Crippen molar-refractivity contribution >= 4 is 40.0 Å². The van der Waals surface area contributed by atoms with Gasteiger partial charge in [0.25, 0.3) is 5.91 Å². The van der Waals surface area contributed by atoms with Crippen molar-refractivity contribution in [3.8, 4) is 0 Å². The van der Waals surface area contributed by atoms with E-state index in [0.29, 0.717) is 35.4 Å². The number of rotatable bonds is 2. The third kappa shape index (κ3) is 3.20. The molecular weight excluding hydrogens is 405 g/mol. The first-order chi connectivity index (χ1) is 10.8. The molecule has 1 aromatic heterocycles. The van der Waals surface area contributed by atoms with Gasteiger partial charge in [0, 0.05) is 27.7 Å². The van der Waals surface area contributed by atoms with E-state index >= 15 is 0 Å². The molecule has 0 aliphatic heterocycles. The fourth-order valence-corrected chi connectivity index (χ4v) is 3.38. The maximum absolute atomic E-state index is 12.5. The molecule has 1 amide bonds. The van der Waals surface area contributed by atoms with Crippen molar-refractivity contribution in [2.75, 3.05) is 5.32 Å². The number of Topliss-reactive ketones (excluding diaryl/α,β-unsaturated/α-hetero) is 1. The van der Waals surface area contributed by atoms with E-state index in [2.05, 4.69) is 27.9 Å². The van der Waals surface area contributed by atoms with E-state index in [0.717, 1.165) is 3.57 Å². The molecule has 0 radical (unpaired) electrons. The number of furan rings is 1. The average molecular weight is 423 g/mol. The summed E-state index contributed by atoms with van der Waals surface area (Å²) in [4.78, 5) is 24.8. The Morgan fingerprint density at radius 1 is 1.22 bits per heavy atom. The summed E-state index contributed by atoms with van der Waals surface area (Å²) >= 11 is 2.21. The smallest absolute Gasteiger partial charge is 0.291 e. The van der Waals surface area contributed by atoms with Crippen LogP contribution in [0.1, 0.15) is 52.5 Å². The quantitative estimate of drug-likeness (QED) is 0.719. The van der Waals surface area contributed by atoms with Crippen LogP contribution in [0.5, 0.6) is 0 Å². The number of carbonyl (C=O) groups is 2. The van der Waals surface area contributed by atoms with E-state index in [4.69, 9.17) is 4.42 Å². The minimum absolute atomic E-state index is 0.0609. The largest absolute Gasteiger partial charge is 0.455 e. The predicted molar refractivity (Wildman–Crippen MR) is 97.0 cm³/mol. The molecule has 1 aliphatic rings. The van der Waals surface area contributed by atoms with E-state index in [1.54, 1.807) is 6.92 Å². The van der Waals surface area contributed by atoms with Crippen molar-refractivity contribution in [1.29, 1.82) is 0 Å². The molecule has 1 heterocycles. The Morgan fingerprint density at radius 3 is 2.52 bits per heavy atom. The number of benzene rings is 1. The van der Waals surface area contributed by atoms with Gasteiger partial charge in [-0.3, -0.25) is 9.59 Å². The van der Waals surface area contributed by atoms with Crippen LogP contribution in [0.2, 0.25) is 0 Å². The van der Waals surface area contributed by atoms with Crippen LogP contribution in [0, 0.1) is 15.9 Å². The lowest BCUT2D eigenvalue weighted by atomic mass is 9.76. The maximum Gasteiger partial charge on any atom is 0.291 e. The van der Waals surface area contributed by atoms with Crippen molar-refractivity contribution in [2.45, 2.75) is 33.6 Å². The average Bonchev–Trinajstić information content (AvgIpc) is 2.77. The second-order valence-corrected chi connectivity index (χ2v) is 8.00. The molecule has 0 atom stereocenters. The molecule has 1 N–H and O–H groups in total. The molecule has 0 spiro atoms. The van der Waals surface area contributed by atoms with E-state index in [-0.39, 0.29) is 22.9 Å². The number of fused-ring (bicyclic) bond motifs is 1. The number of nitrogens with one attached hydrogen (secondary N) is 1. The SMILES string of the molecule is Cc1c(C(=O)Nc2ccc(I)cc2)oc2c1C(=O)CC(C)(C)C2. The summed E-state index contributed by atoms with van der Waals surface area (Å²) in [6.45, 7) is 5.86. The van der Waals surface area contributed by atoms with E-state index in [1.807, 2.05) is 38.1 Å². The van der Waals surface area contributed by atoms with Gasteiger partial charge in [-0.2, -0.15) is 0 Å². The lowest BCUT2D eigenvalue weighted by Crippen LogP contribution is -2.26. The summed E-state index contributed by atoms with van der Waals surface area (Å²) in [5, 5.41) is 2.82. The van der Waals surface area contributed by atoms with Crippen molar-refractivity contribution < 1.29 is 14.0 Å². The number of hydrogen-bond donors (Lipinski definition) is 1. The summed E-state index contributed by atoms with van der Waals surface area (Å²) in [6, 6.07) is 7.52. The predicted octanol–water partition coefficient (Wildman–Crippen LogP) is 4.60. The van der Waals surface area contributed by atoms with E-state index in [9.17, 15) is 9.59 Å². The van der Waals surface area contributed by atoms with E-state index in [1.165, 1.54) is 0 Å². The van der Waals surface area contributed by atoms with Gasteiger partial charge in [0.15, 0.2) is 11.5 Å². The Morgan fingerprint density at radius 2 is 1.87 bits per heavy atom. The highest BCUT2D eigenvalue weighted by Crippen LogP contribution is 2.38. The molecule has 1 aliphatic carbocycles. The molecule has 0 saturated carbocycles. The number of ketones is 1. The van der Waals surface area contributed by atoms with Crippen molar-refractivity contribution in [3.05, 3.63) is 50.5 Å². The molecule has 0 unspecified atom stereocenters. The highest BCUT2D eigenvalue weighted by Gasteiger charge is 2.37. The summed E-state index contributed by atoms with van der Waals surface area (Å²) in [5.41, 5.74) is 1.81. The van der Waals surface area contributed by atoms with Crippen molar-refractivity contribution in [1.82, 2.24) is 0 Å². The van der Waals surface area contributed by atoms with Crippen LogP contribution in [0.15, 0.2) is 28.7 Å².